The van der Waals surface area contributed by atoms with Crippen molar-refractivity contribution in [3.8, 4) is 0 Å². The zero-order valence-corrected chi connectivity index (χ0v) is 10.7. The van der Waals surface area contributed by atoms with Crippen molar-refractivity contribution >= 4 is 28.9 Å². The van der Waals surface area contributed by atoms with E-state index < -0.39 is 5.97 Å². The molecule has 0 saturated carbocycles. The fourth-order valence-electron chi connectivity index (χ4n) is 1.67. The Labute approximate surface area is 115 Å². The lowest BCUT2D eigenvalue weighted by Crippen LogP contribution is -2.08. The van der Waals surface area contributed by atoms with Crippen LogP contribution in [0.2, 0.25) is 5.02 Å². The number of benzene rings is 1. The molecule has 19 heavy (non-hydrogen) atoms. The van der Waals surface area contributed by atoms with Gasteiger partial charge in [0.05, 0.1) is 16.3 Å². The van der Waals surface area contributed by atoms with Crippen LogP contribution in [-0.2, 0) is 6.54 Å². The summed E-state index contributed by atoms with van der Waals surface area (Å²) < 4.78 is 0. The number of aromatic nitrogens is 1. The molecule has 2 aromatic rings. The number of nitrogens with one attached hydrogen (secondary N) is 1. The molecular weight excluding hydrogens is 266 g/mol. The molecule has 0 atom stereocenters. The molecule has 98 valence electrons. The molecule has 0 unspecified atom stereocenters. The molecule has 4 N–H and O–H groups in total. The number of aromatic carboxylic acids is 1. The number of halogens is 1. The lowest BCUT2D eigenvalue weighted by atomic mass is 10.1. The SMILES string of the molecule is Nc1cc(Cl)c(NCc2ccncc2)c(C(=O)O)c1. The predicted octanol–water partition coefficient (Wildman–Crippen LogP) is 2.63. The normalized spacial score (nSPS) is 10.2. The summed E-state index contributed by atoms with van der Waals surface area (Å²) in [6.07, 6.45) is 3.33. The lowest BCUT2D eigenvalue weighted by Gasteiger charge is -2.12. The van der Waals surface area contributed by atoms with Crippen LogP contribution in [0, 0.1) is 0 Å². The maximum Gasteiger partial charge on any atom is 0.337 e. The van der Waals surface area contributed by atoms with E-state index in [2.05, 4.69) is 10.3 Å². The highest BCUT2D eigenvalue weighted by Gasteiger charge is 2.14. The van der Waals surface area contributed by atoms with Crippen molar-refractivity contribution in [2.24, 2.45) is 0 Å². The second-order valence-corrected chi connectivity index (χ2v) is 4.35. The highest BCUT2D eigenvalue weighted by Crippen LogP contribution is 2.29. The maximum absolute atomic E-state index is 11.2. The van der Waals surface area contributed by atoms with Crippen LogP contribution in [0.4, 0.5) is 11.4 Å². The fraction of sp³-hybridized carbons (Fsp3) is 0.0769. The number of carboxylic acids is 1. The first-order chi connectivity index (χ1) is 9.08. The zero-order valence-electron chi connectivity index (χ0n) is 9.93. The molecule has 0 aliphatic heterocycles. The molecule has 2 rings (SSSR count). The number of anilines is 2. The summed E-state index contributed by atoms with van der Waals surface area (Å²) in [5.74, 6) is -1.08. The standard InChI is InChI=1S/C13H12ClN3O2/c14-11-6-9(15)5-10(13(18)19)12(11)17-7-8-1-3-16-4-2-8/h1-6,17H,7,15H2,(H,18,19). The number of pyridine rings is 1. The molecule has 0 amide bonds. The van der Waals surface area contributed by atoms with Gasteiger partial charge in [-0.3, -0.25) is 4.98 Å². The van der Waals surface area contributed by atoms with Crippen LogP contribution in [0.25, 0.3) is 0 Å². The Morgan fingerprint density at radius 1 is 1.37 bits per heavy atom. The van der Waals surface area contributed by atoms with E-state index in [9.17, 15) is 4.79 Å². The minimum atomic E-state index is -1.08. The van der Waals surface area contributed by atoms with E-state index >= 15 is 0 Å². The number of rotatable bonds is 4. The average Bonchev–Trinajstić information content (AvgIpc) is 2.38. The second kappa shape index (κ2) is 5.58. The van der Waals surface area contributed by atoms with Crippen LogP contribution in [0.5, 0.6) is 0 Å². The van der Waals surface area contributed by atoms with Crippen molar-refractivity contribution in [3.63, 3.8) is 0 Å². The molecular formula is C13H12ClN3O2. The summed E-state index contributed by atoms with van der Waals surface area (Å²) in [6, 6.07) is 6.56. The second-order valence-electron chi connectivity index (χ2n) is 3.94. The van der Waals surface area contributed by atoms with E-state index in [1.807, 2.05) is 12.1 Å². The van der Waals surface area contributed by atoms with Gasteiger partial charge in [-0.25, -0.2) is 4.79 Å². The van der Waals surface area contributed by atoms with Crippen molar-refractivity contribution in [3.05, 3.63) is 52.8 Å². The van der Waals surface area contributed by atoms with Gasteiger partial charge in [0.15, 0.2) is 0 Å². The summed E-state index contributed by atoms with van der Waals surface area (Å²) in [5.41, 5.74) is 7.29. The van der Waals surface area contributed by atoms with Gasteiger partial charge in [0.25, 0.3) is 0 Å². The smallest absolute Gasteiger partial charge is 0.337 e. The number of hydrogen-bond acceptors (Lipinski definition) is 4. The minimum Gasteiger partial charge on any atom is -0.478 e. The summed E-state index contributed by atoms with van der Waals surface area (Å²) in [5, 5.41) is 12.4. The number of nitrogens with zero attached hydrogens (tertiary/aromatic N) is 1. The van der Waals surface area contributed by atoms with Gasteiger partial charge < -0.3 is 16.2 Å². The molecule has 5 nitrogen and oxygen atoms in total. The van der Waals surface area contributed by atoms with Crippen molar-refractivity contribution in [1.29, 1.82) is 0 Å². The van der Waals surface area contributed by atoms with E-state index in [1.54, 1.807) is 12.4 Å². The van der Waals surface area contributed by atoms with Crippen LogP contribution < -0.4 is 11.1 Å². The molecule has 0 aliphatic carbocycles. The Hall–Kier alpha value is -2.27. The highest BCUT2D eigenvalue weighted by atomic mass is 35.5. The fourth-order valence-corrected chi connectivity index (χ4v) is 1.96. The maximum atomic E-state index is 11.2. The molecule has 0 aliphatic rings. The Bertz CT molecular complexity index is 602. The molecule has 1 heterocycles. The third-order valence-electron chi connectivity index (χ3n) is 2.56. The Morgan fingerprint density at radius 2 is 2.05 bits per heavy atom. The van der Waals surface area contributed by atoms with Crippen molar-refractivity contribution in [2.45, 2.75) is 6.54 Å². The third-order valence-corrected chi connectivity index (χ3v) is 2.86. The van der Waals surface area contributed by atoms with Gasteiger partial charge in [0.1, 0.15) is 0 Å². The Morgan fingerprint density at radius 3 is 2.68 bits per heavy atom. The monoisotopic (exact) mass is 277 g/mol. The molecule has 0 bridgehead atoms. The summed E-state index contributed by atoms with van der Waals surface area (Å²) in [7, 11) is 0. The van der Waals surface area contributed by atoms with E-state index in [0.717, 1.165) is 5.56 Å². The van der Waals surface area contributed by atoms with E-state index in [1.165, 1.54) is 12.1 Å². The molecule has 6 heteroatoms. The number of nitrogen functional groups attached to an aromatic ring is 1. The van der Waals surface area contributed by atoms with Crippen molar-refractivity contribution < 1.29 is 9.90 Å². The van der Waals surface area contributed by atoms with E-state index in [-0.39, 0.29) is 10.6 Å². The van der Waals surface area contributed by atoms with Gasteiger partial charge in [0, 0.05) is 24.6 Å². The third kappa shape index (κ3) is 3.14. The van der Waals surface area contributed by atoms with E-state index in [4.69, 9.17) is 22.4 Å². The van der Waals surface area contributed by atoms with Crippen LogP contribution in [0.3, 0.4) is 0 Å². The number of nitrogens with two attached hydrogens (primary N) is 1. The first-order valence-corrected chi connectivity index (χ1v) is 5.91. The average molecular weight is 278 g/mol. The minimum absolute atomic E-state index is 0.0547. The van der Waals surface area contributed by atoms with E-state index in [0.29, 0.717) is 17.9 Å². The molecule has 0 radical (unpaired) electrons. The molecule has 1 aromatic carbocycles. The van der Waals surface area contributed by atoms with Gasteiger partial charge in [-0.15, -0.1) is 0 Å². The predicted molar refractivity (Wildman–Crippen MR) is 74.4 cm³/mol. The van der Waals surface area contributed by atoms with Gasteiger partial charge in [-0.1, -0.05) is 11.6 Å². The van der Waals surface area contributed by atoms with Crippen LogP contribution >= 0.6 is 11.6 Å². The molecule has 0 fully saturated rings. The quantitative estimate of drug-likeness (QED) is 0.748. The Balaban J connectivity index is 2.27. The van der Waals surface area contributed by atoms with Crippen LogP contribution in [0.15, 0.2) is 36.7 Å². The van der Waals surface area contributed by atoms with Crippen molar-refractivity contribution in [2.75, 3.05) is 11.1 Å². The van der Waals surface area contributed by atoms with Crippen LogP contribution in [-0.4, -0.2) is 16.1 Å². The number of carbonyl (C=O) groups is 1. The topological polar surface area (TPSA) is 88.2 Å². The van der Waals surface area contributed by atoms with Gasteiger partial charge >= 0.3 is 5.97 Å². The zero-order chi connectivity index (χ0) is 13.8. The summed E-state index contributed by atoms with van der Waals surface area (Å²) in [4.78, 5) is 15.1. The van der Waals surface area contributed by atoms with Crippen LogP contribution in [0.1, 0.15) is 15.9 Å². The van der Waals surface area contributed by atoms with Gasteiger partial charge in [0.2, 0.25) is 0 Å². The molecule has 1 aromatic heterocycles. The van der Waals surface area contributed by atoms with Gasteiger partial charge in [-0.2, -0.15) is 0 Å². The number of carboxylic acid groups (broad SMARTS) is 1. The number of hydrogen-bond donors (Lipinski definition) is 3. The Kier molecular flexibility index (Phi) is 3.87. The highest BCUT2D eigenvalue weighted by molar-refractivity contribution is 6.34. The summed E-state index contributed by atoms with van der Waals surface area (Å²) in [6.45, 7) is 0.451. The first-order valence-electron chi connectivity index (χ1n) is 5.53. The first kappa shape index (κ1) is 13.2. The van der Waals surface area contributed by atoms with Gasteiger partial charge in [-0.05, 0) is 29.8 Å². The molecule has 0 saturated heterocycles. The van der Waals surface area contributed by atoms with Crippen molar-refractivity contribution in [1.82, 2.24) is 4.98 Å². The largest absolute Gasteiger partial charge is 0.478 e. The lowest BCUT2D eigenvalue weighted by molar-refractivity contribution is 0.0698. The molecule has 0 spiro atoms. The summed E-state index contributed by atoms with van der Waals surface area (Å²) >= 11 is 6.03.